The van der Waals surface area contributed by atoms with Crippen molar-refractivity contribution in [2.45, 2.75) is 19.6 Å². The molecule has 0 radical (unpaired) electrons. The Hall–Kier alpha value is -1.10. The van der Waals surface area contributed by atoms with E-state index >= 15 is 0 Å². The first kappa shape index (κ1) is 14.3. The molecule has 0 amide bonds. The van der Waals surface area contributed by atoms with Crippen LogP contribution in [-0.4, -0.2) is 50.9 Å². The lowest BCUT2D eigenvalue weighted by Crippen LogP contribution is -2.44. The highest BCUT2D eigenvalue weighted by Gasteiger charge is 2.15. The fourth-order valence-electron chi connectivity index (χ4n) is 2.36. The van der Waals surface area contributed by atoms with Gasteiger partial charge in [0, 0.05) is 26.2 Å². The summed E-state index contributed by atoms with van der Waals surface area (Å²) in [7, 11) is 2.13. The minimum absolute atomic E-state index is 0.300. The molecular formula is C15H24N2O2. The van der Waals surface area contributed by atoms with E-state index in [-0.39, 0.29) is 0 Å². The van der Waals surface area contributed by atoms with Gasteiger partial charge in [0.25, 0.3) is 0 Å². The second-order valence-corrected chi connectivity index (χ2v) is 4.97. The van der Waals surface area contributed by atoms with Gasteiger partial charge in [-0.2, -0.15) is 0 Å². The summed E-state index contributed by atoms with van der Waals surface area (Å²) >= 11 is 0. The molecule has 0 bridgehead atoms. The normalized spacial score (nSPS) is 19.6. The molecule has 2 rings (SSSR count). The van der Waals surface area contributed by atoms with Crippen LogP contribution < -0.4 is 10.1 Å². The van der Waals surface area contributed by atoms with E-state index in [0.29, 0.717) is 12.7 Å². The highest BCUT2D eigenvalue weighted by Crippen LogP contribution is 2.14. The molecule has 19 heavy (non-hydrogen) atoms. The van der Waals surface area contributed by atoms with Crippen molar-refractivity contribution in [3.63, 3.8) is 0 Å². The SMILES string of the molecule is CCOc1cccc(CN(C)CC2CNCCO2)c1. The van der Waals surface area contributed by atoms with Crippen molar-refractivity contribution in [3.05, 3.63) is 29.8 Å². The summed E-state index contributed by atoms with van der Waals surface area (Å²) in [5, 5.41) is 3.36. The average molecular weight is 264 g/mol. The van der Waals surface area contributed by atoms with E-state index in [1.54, 1.807) is 0 Å². The molecule has 1 aromatic rings. The zero-order valence-corrected chi connectivity index (χ0v) is 11.9. The van der Waals surface area contributed by atoms with Gasteiger partial charge in [0.15, 0.2) is 0 Å². The van der Waals surface area contributed by atoms with Crippen molar-refractivity contribution in [1.82, 2.24) is 10.2 Å². The monoisotopic (exact) mass is 264 g/mol. The molecule has 1 aliphatic rings. The maximum atomic E-state index is 5.72. The van der Waals surface area contributed by atoms with Crippen molar-refractivity contribution >= 4 is 0 Å². The third-order valence-electron chi connectivity index (χ3n) is 3.18. The third-order valence-corrected chi connectivity index (χ3v) is 3.18. The van der Waals surface area contributed by atoms with Gasteiger partial charge in [0.2, 0.25) is 0 Å². The maximum Gasteiger partial charge on any atom is 0.119 e. The Bertz CT molecular complexity index is 378. The smallest absolute Gasteiger partial charge is 0.119 e. The molecule has 0 aliphatic carbocycles. The molecule has 1 fully saturated rings. The zero-order valence-electron chi connectivity index (χ0n) is 11.9. The predicted molar refractivity (Wildman–Crippen MR) is 76.6 cm³/mol. The molecule has 1 aromatic carbocycles. The van der Waals surface area contributed by atoms with Gasteiger partial charge < -0.3 is 14.8 Å². The third kappa shape index (κ3) is 4.82. The number of likely N-dealkylation sites (N-methyl/N-ethyl adjacent to an activating group) is 1. The number of morpholine rings is 1. The van der Waals surface area contributed by atoms with Crippen LogP contribution in [0.3, 0.4) is 0 Å². The molecule has 4 heteroatoms. The zero-order chi connectivity index (χ0) is 13.5. The molecule has 0 spiro atoms. The summed E-state index contributed by atoms with van der Waals surface area (Å²) in [5.74, 6) is 0.948. The first-order chi connectivity index (χ1) is 9.28. The van der Waals surface area contributed by atoms with Gasteiger partial charge >= 0.3 is 0 Å². The second-order valence-electron chi connectivity index (χ2n) is 4.97. The molecule has 1 atom stereocenters. The van der Waals surface area contributed by atoms with Crippen LogP contribution in [0.25, 0.3) is 0 Å². The number of benzene rings is 1. The topological polar surface area (TPSA) is 33.7 Å². The lowest BCUT2D eigenvalue weighted by Gasteiger charge is -2.28. The average Bonchev–Trinajstić information content (AvgIpc) is 2.40. The van der Waals surface area contributed by atoms with E-state index in [4.69, 9.17) is 9.47 Å². The summed E-state index contributed by atoms with van der Waals surface area (Å²) in [6.45, 7) is 7.32. The van der Waals surface area contributed by atoms with E-state index < -0.39 is 0 Å². The van der Waals surface area contributed by atoms with Gasteiger partial charge in [-0.25, -0.2) is 0 Å². The van der Waals surface area contributed by atoms with Crippen LogP contribution >= 0.6 is 0 Å². The van der Waals surface area contributed by atoms with Crippen molar-refractivity contribution in [2.75, 3.05) is 39.9 Å². The van der Waals surface area contributed by atoms with Crippen molar-refractivity contribution in [1.29, 1.82) is 0 Å². The molecule has 1 heterocycles. The lowest BCUT2D eigenvalue weighted by molar-refractivity contribution is 0.00884. The molecule has 106 valence electrons. The van der Waals surface area contributed by atoms with Gasteiger partial charge in [-0.05, 0) is 31.7 Å². The van der Waals surface area contributed by atoms with Gasteiger partial charge in [-0.1, -0.05) is 12.1 Å². The fourth-order valence-corrected chi connectivity index (χ4v) is 2.36. The Kier molecular flexibility index (Phi) is 5.63. The van der Waals surface area contributed by atoms with E-state index in [0.717, 1.165) is 38.5 Å². The lowest BCUT2D eigenvalue weighted by atomic mass is 10.2. The van der Waals surface area contributed by atoms with E-state index in [1.165, 1.54) is 5.56 Å². The molecule has 4 nitrogen and oxygen atoms in total. The first-order valence-electron chi connectivity index (χ1n) is 7.00. The van der Waals surface area contributed by atoms with Crippen LogP contribution in [0, 0.1) is 0 Å². The van der Waals surface area contributed by atoms with Crippen LogP contribution in [0.5, 0.6) is 5.75 Å². The maximum absolute atomic E-state index is 5.72. The number of ether oxygens (including phenoxy) is 2. The highest BCUT2D eigenvalue weighted by molar-refractivity contribution is 5.28. The Morgan fingerprint density at radius 3 is 3.11 bits per heavy atom. The van der Waals surface area contributed by atoms with Gasteiger partial charge in [0.05, 0.1) is 19.3 Å². The van der Waals surface area contributed by atoms with Gasteiger partial charge in [-0.3, -0.25) is 4.90 Å². The van der Waals surface area contributed by atoms with Gasteiger partial charge in [0.1, 0.15) is 5.75 Å². The molecule has 1 aliphatic heterocycles. The molecule has 1 N–H and O–H groups in total. The minimum atomic E-state index is 0.300. The summed E-state index contributed by atoms with van der Waals surface area (Å²) < 4.78 is 11.2. The number of hydrogen-bond acceptors (Lipinski definition) is 4. The van der Waals surface area contributed by atoms with E-state index in [9.17, 15) is 0 Å². The Balaban J connectivity index is 1.83. The Morgan fingerprint density at radius 2 is 2.37 bits per heavy atom. The summed E-state index contributed by atoms with van der Waals surface area (Å²) in [4.78, 5) is 2.29. The summed E-state index contributed by atoms with van der Waals surface area (Å²) in [6.07, 6.45) is 0.300. The van der Waals surface area contributed by atoms with Crippen molar-refractivity contribution in [2.24, 2.45) is 0 Å². The summed E-state index contributed by atoms with van der Waals surface area (Å²) in [6, 6.07) is 8.30. The fraction of sp³-hybridized carbons (Fsp3) is 0.600. The van der Waals surface area contributed by atoms with Crippen LogP contribution in [0.1, 0.15) is 12.5 Å². The standard InChI is InChI=1S/C15H24N2O2/c1-3-18-14-6-4-5-13(9-14)11-17(2)12-15-10-16-7-8-19-15/h4-6,9,15-16H,3,7-8,10-12H2,1-2H3. The minimum Gasteiger partial charge on any atom is -0.494 e. The summed E-state index contributed by atoms with van der Waals surface area (Å²) in [5.41, 5.74) is 1.28. The second kappa shape index (κ2) is 7.48. The number of nitrogens with zero attached hydrogens (tertiary/aromatic N) is 1. The van der Waals surface area contributed by atoms with Crippen LogP contribution in [-0.2, 0) is 11.3 Å². The van der Waals surface area contributed by atoms with Gasteiger partial charge in [-0.15, -0.1) is 0 Å². The number of rotatable bonds is 6. The molecule has 0 saturated carbocycles. The largest absolute Gasteiger partial charge is 0.494 e. The van der Waals surface area contributed by atoms with Crippen molar-refractivity contribution < 1.29 is 9.47 Å². The molecule has 1 saturated heterocycles. The van der Waals surface area contributed by atoms with Crippen molar-refractivity contribution in [3.8, 4) is 5.75 Å². The van der Waals surface area contributed by atoms with Crippen LogP contribution in [0.2, 0.25) is 0 Å². The molecular weight excluding hydrogens is 240 g/mol. The van der Waals surface area contributed by atoms with E-state index in [1.807, 2.05) is 19.1 Å². The van der Waals surface area contributed by atoms with Crippen LogP contribution in [0.15, 0.2) is 24.3 Å². The number of hydrogen-bond donors (Lipinski definition) is 1. The predicted octanol–water partition coefficient (Wildman–Crippen LogP) is 1.51. The van der Waals surface area contributed by atoms with E-state index in [2.05, 4.69) is 29.4 Å². The molecule has 0 aromatic heterocycles. The van der Waals surface area contributed by atoms with Crippen LogP contribution in [0.4, 0.5) is 0 Å². The first-order valence-corrected chi connectivity index (χ1v) is 7.00. The quantitative estimate of drug-likeness (QED) is 0.844. The molecule has 1 unspecified atom stereocenters. The Morgan fingerprint density at radius 1 is 1.47 bits per heavy atom. The number of nitrogens with one attached hydrogen (secondary N) is 1. The highest BCUT2D eigenvalue weighted by atomic mass is 16.5. The Labute approximate surface area is 115 Å².